The minimum absolute atomic E-state index is 0. The predicted molar refractivity (Wildman–Crippen MR) is 268 cm³/mol. The molecule has 1 aliphatic carbocycles. The maximum absolute atomic E-state index is 12.6. The summed E-state index contributed by atoms with van der Waals surface area (Å²) in [5.74, 6) is -0.199. The van der Waals surface area contributed by atoms with Gasteiger partial charge < -0.3 is 5.11 Å². The van der Waals surface area contributed by atoms with E-state index in [1.807, 2.05) is 36.4 Å². The molecule has 0 radical (unpaired) electrons. The zero-order valence-electron chi connectivity index (χ0n) is 49.0. The van der Waals surface area contributed by atoms with Crippen LogP contribution in [0.1, 0.15) is 153 Å². The zero-order valence-corrected chi connectivity index (χ0v) is 41.3. The molecule has 0 amide bonds. The van der Waals surface area contributed by atoms with E-state index in [1.165, 1.54) is 5.56 Å². The van der Waals surface area contributed by atoms with E-state index < -0.39 is 71.0 Å². The quantitative estimate of drug-likeness (QED) is 0.165. The van der Waals surface area contributed by atoms with Gasteiger partial charge in [0.2, 0.25) is 0 Å². The molecule has 8 rings (SSSR count). The van der Waals surface area contributed by atoms with Crippen LogP contribution < -0.4 is 0 Å². The van der Waals surface area contributed by atoms with Crippen molar-refractivity contribution < 1.29 is 39.9 Å². The standard InChI is InChI=1S/C62H63O.Pt/c1-39-25-27-40(28-26-39)42-21-17-22-43(31-42)44-32-45(34-47(33-44)60(5,6)7)49-23-18-24-50-53(49)38-54(55-36-48(61(8,9)10)37-56(58(55)63)62(11,12)13)57(50)51-30-29-46(59(2,3)4)35-52(51)41-19-15-14-16-20-41;/h14-21,23-31,33-37,57,63H,1-13H3;/q-3;/i1D3,17D,21D,25D,26D,27D,28D,31D;. The van der Waals surface area contributed by atoms with Crippen LogP contribution in [0.2, 0.25) is 0 Å². The molecule has 64 heavy (non-hydrogen) atoms. The third kappa shape index (κ3) is 9.30. The molecule has 0 heterocycles. The molecule has 0 fully saturated rings. The van der Waals surface area contributed by atoms with Crippen LogP contribution in [0, 0.1) is 25.1 Å². The van der Waals surface area contributed by atoms with Gasteiger partial charge in [0.05, 0.1) is 11.2 Å². The molecular weight excluding hydrogens is 956 g/mol. The molecule has 1 aliphatic rings. The summed E-state index contributed by atoms with van der Waals surface area (Å²) in [5, 5.41) is 12.6. The second-order valence-electron chi connectivity index (χ2n) is 21.0. The van der Waals surface area contributed by atoms with Crippen molar-refractivity contribution in [1.29, 1.82) is 0 Å². The molecule has 0 bridgehead atoms. The van der Waals surface area contributed by atoms with Gasteiger partial charge in [-0.05, 0) is 70.6 Å². The molecule has 2 heteroatoms. The normalized spacial score (nSPS) is 16.6. The van der Waals surface area contributed by atoms with Crippen LogP contribution in [0.5, 0.6) is 5.75 Å². The molecule has 330 valence electrons. The topological polar surface area (TPSA) is 20.2 Å². The molecule has 0 aromatic heterocycles. The first kappa shape index (κ1) is 35.1. The van der Waals surface area contributed by atoms with Gasteiger partial charge in [0.15, 0.2) is 0 Å². The summed E-state index contributed by atoms with van der Waals surface area (Å²) in [4.78, 5) is 0. The van der Waals surface area contributed by atoms with Crippen molar-refractivity contribution in [1.82, 2.24) is 0 Å². The first-order valence-electron chi connectivity index (χ1n) is 26.8. The maximum Gasteiger partial charge on any atom is 0.0862 e. The van der Waals surface area contributed by atoms with E-state index in [9.17, 15) is 6.48 Å². The van der Waals surface area contributed by atoms with E-state index in [0.717, 1.165) is 55.6 Å². The van der Waals surface area contributed by atoms with Crippen LogP contribution in [0.4, 0.5) is 0 Å². The summed E-state index contributed by atoms with van der Waals surface area (Å²) in [6.45, 7) is 22.7. The number of hydrogen-bond donors (Lipinski definition) is 1. The van der Waals surface area contributed by atoms with Crippen molar-refractivity contribution in [2.75, 3.05) is 0 Å². The Bertz CT molecular complexity index is 3370. The zero-order chi connectivity index (χ0) is 53.8. The second-order valence-corrected chi connectivity index (χ2v) is 21.0. The van der Waals surface area contributed by atoms with Gasteiger partial charge in [0.1, 0.15) is 0 Å². The van der Waals surface area contributed by atoms with Crippen LogP contribution in [0.25, 0.3) is 50.1 Å². The Morgan fingerprint density at radius 1 is 0.547 bits per heavy atom. The van der Waals surface area contributed by atoms with E-state index in [4.69, 9.17) is 12.3 Å². The minimum Gasteiger partial charge on any atom is -0.517 e. The number of fused-ring (bicyclic) bond motifs is 1. The van der Waals surface area contributed by atoms with Crippen molar-refractivity contribution in [3.63, 3.8) is 0 Å². The summed E-state index contributed by atoms with van der Waals surface area (Å²) in [6.07, 6.45) is 3.92. The van der Waals surface area contributed by atoms with E-state index >= 15 is 0 Å². The van der Waals surface area contributed by atoms with Crippen LogP contribution >= 0.6 is 0 Å². The summed E-state index contributed by atoms with van der Waals surface area (Å²) in [5.41, 5.74) is 9.36. The van der Waals surface area contributed by atoms with Crippen molar-refractivity contribution >= 4 is 5.57 Å². The number of allylic oxidation sites excluding steroid dienone is 1. The third-order valence-corrected chi connectivity index (χ3v) is 12.1. The van der Waals surface area contributed by atoms with Gasteiger partial charge in [-0.1, -0.05) is 197 Å². The van der Waals surface area contributed by atoms with E-state index in [0.29, 0.717) is 16.7 Å². The fourth-order valence-electron chi connectivity index (χ4n) is 8.39. The number of benzene rings is 7. The first-order valence-corrected chi connectivity index (χ1v) is 21.8. The molecule has 1 N–H and O–H groups in total. The molecule has 0 spiro atoms. The monoisotopic (exact) mass is 1030 g/mol. The minimum atomic E-state index is -2.96. The largest absolute Gasteiger partial charge is 0.517 e. The Morgan fingerprint density at radius 3 is 1.83 bits per heavy atom. The number of aromatic hydroxyl groups is 1. The van der Waals surface area contributed by atoms with E-state index in [2.05, 4.69) is 156 Å². The number of phenols is 1. The Morgan fingerprint density at radius 2 is 1.19 bits per heavy atom. The van der Waals surface area contributed by atoms with Crippen LogP contribution in [0.3, 0.4) is 0 Å². The van der Waals surface area contributed by atoms with Crippen LogP contribution in [-0.2, 0) is 42.7 Å². The average Bonchev–Trinajstić information content (AvgIpc) is 3.68. The Labute approximate surface area is 413 Å². The molecule has 1 nitrogen and oxygen atoms in total. The third-order valence-electron chi connectivity index (χ3n) is 12.1. The van der Waals surface area contributed by atoms with Crippen molar-refractivity contribution in [2.45, 2.75) is 118 Å². The molecule has 7 aromatic rings. The molecule has 1 unspecified atom stereocenters. The van der Waals surface area contributed by atoms with Gasteiger partial charge in [0.25, 0.3) is 0 Å². The Kier molecular flexibility index (Phi) is 9.48. The van der Waals surface area contributed by atoms with Gasteiger partial charge in [0, 0.05) is 26.5 Å². The molecule has 7 aromatic carbocycles. The molecule has 1 atom stereocenters. The van der Waals surface area contributed by atoms with E-state index in [-0.39, 0.29) is 54.8 Å². The summed E-state index contributed by atoms with van der Waals surface area (Å²) in [6, 6.07) is 33.5. The van der Waals surface area contributed by atoms with E-state index in [1.54, 1.807) is 0 Å². The maximum atomic E-state index is 12.6. The van der Waals surface area contributed by atoms with Gasteiger partial charge in [-0.2, -0.15) is 35.8 Å². The summed E-state index contributed by atoms with van der Waals surface area (Å²) >= 11 is 0. The SMILES string of the molecule is [2H]c1[c-]c(-c2[c-]c(-c3cccc4c3[C-]=C(c3cc(C(C)(C)C)cc(C(C)(C)C)c3O)C4c3ccc(C(C)(C)C)cc3-c3ccccc3)cc(C(C)(C)C)c2)c([2H])c(-c2c([2H])c([2H])c(C([2H])([2H])[2H])c([2H])c2[2H])c1[2H].[Pt]. The molecule has 0 saturated heterocycles. The van der Waals surface area contributed by atoms with Gasteiger partial charge in [-0.3, -0.25) is 0 Å². The smallest absolute Gasteiger partial charge is 0.0862 e. The first-order chi connectivity index (χ1) is 33.7. The number of rotatable bonds is 6. The fraction of sp³-hybridized carbons (Fsp3) is 0.290. The number of hydrogen-bond acceptors (Lipinski definition) is 1. The fourth-order valence-corrected chi connectivity index (χ4v) is 8.39. The van der Waals surface area contributed by atoms with Crippen molar-refractivity contribution in [2.24, 2.45) is 0 Å². The van der Waals surface area contributed by atoms with Gasteiger partial charge in [-0.15, -0.1) is 63.2 Å². The summed E-state index contributed by atoms with van der Waals surface area (Å²) < 4.78 is 86.5. The second kappa shape index (κ2) is 17.3. The van der Waals surface area contributed by atoms with Crippen molar-refractivity contribution in [3.05, 3.63) is 202 Å². The number of phenolic OH excluding ortho intramolecular Hbond substituents is 1. The molecule has 0 saturated carbocycles. The average molecular weight is 1030 g/mol. The molecule has 0 aliphatic heterocycles. The molecular formula is C62H63OPt-3. The Balaban J connectivity index is 0.00000800. The van der Waals surface area contributed by atoms with Gasteiger partial charge >= 0.3 is 0 Å². The predicted octanol–water partition coefficient (Wildman–Crippen LogP) is 16.5. The van der Waals surface area contributed by atoms with Gasteiger partial charge in [-0.25, -0.2) is 5.56 Å². The Hall–Kier alpha value is -5.23. The van der Waals surface area contributed by atoms with Crippen LogP contribution in [0.15, 0.2) is 133 Å². The van der Waals surface area contributed by atoms with Crippen LogP contribution in [-0.4, -0.2) is 5.11 Å². The summed E-state index contributed by atoms with van der Waals surface area (Å²) in [7, 11) is 0. The van der Waals surface area contributed by atoms with Crippen molar-refractivity contribution in [3.8, 4) is 50.3 Å².